The zero-order valence-corrected chi connectivity index (χ0v) is 10.0. The van der Waals surface area contributed by atoms with E-state index >= 15 is 0 Å². The third kappa shape index (κ3) is 3.64. The Labute approximate surface area is 90.9 Å². The SMILES string of the molecule is C=CC(C)NC(C)Cc1ccc(C)s1. The molecule has 1 heterocycles. The fourth-order valence-corrected chi connectivity index (χ4v) is 2.49. The van der Waals surface area contributed by atoms with Crippen molar-refractivity contribution >= 4 is 11.3 Å². The number of aryl methyl sites for hydroxylation is 1. The van der Waals surface area contributed by atoms with Gasteiger partial charge in [0.2, 0.25) is 0 Å². The standard InChI is InChI=1S/C12H19NS/c1-5-9(2)13-10(3)8-12-7-6-11(4)14-12/h5-7,9-10,13H,1,8H2,2-4H3. The van der Waals surface area contributed by atoms with E-state index in [1.54, 1.807) is 0 Å². The van der Waals surface area contributed by atoms with Crippen molar-refractivity contribution in [3.63, 3.8) is 0 Å². The van der Waals surface area contributed by atoms with E-state index in [-0.39, 0.29) is 0 Å². The average Bonchev–Trinajstić information content (AvgIpc) is 2.50. The first kappa shape index (κ1) is 11.5. The molecule has 0 aliphatic rings. The van der Waals surface area contributed by atoms with Crippen molar-refractivity contribution in [2.75, 3.05) is 0 Å². The van der Waals surface area contributed by atoms with Crippen LogP contribution in [-0.4, -0.2) is 12.1 Å². The van der Waals surface area contributed by atoms with Crippen molar-refractivity contribution in [1.29, 1.82) is 0 Å². The highest BCUT2D eigenvalue weighted by Gasteiger charge is 2.06. The van der Waals surface area contributed by atoms with Gasteiger partial charge < -0.3 is 5.32 Å². The van der Waals surface area contributed by atoms with E-state index in [0.717, 1.165) is 6.42 Å². The van der Waals surface area contributed by atoms with Crippen LogP contribution in [0.15, 0.2) is 24.8 Å². The molecule has 0 aliphatic carbocycles. The van der Waals surface area contributed by atoms with Crippen molar-refractivity contribution < 1.29 is 0 Å². The first-order chi connectivity index (χ1) is 6.61. The fraction of sp³-hybridized carbons (Fsp3) is 0.500. The number of rotatable bonds is 5. The number of hydrogen-bond donors (Lipinski definition) is 1. The molecule has 78 valence electrons. The summed E-state index contributed by atoms with van der Waals surface area (Å²) in [5.41, 5.74) is 0. The smallest absolute Gasteiger partial charge is 0.0221 e. The first-order valence-corrected chi connectivity index (χ1v) is 5.87. The van der Waals surface area contributed by atoms with Crippen LogP contribution in [0, 0.1) is 6.92 Å². The van der Waals surface area contributed by atoms with Crippen LogP contribution in [0.25, 0.3) is 0 Å². The normalized spacial score (nSPS) is 15.1. The summed E-state index contributed by atoms with van der Waals surface area (Å²) < 4.78 is 0. The monoisotopic (exact) mass is 209 g/mol. The lowest BCUT2D eigenvalue weighted by Crippen LogP contribution is -2.34. The van der Waals surface area contributed by atoms with Gasteiger partial charge in [-0.1, -0.05) is 6.08 Å². The average molecular weight is 209 g/mol. The fourth-order valence-electron chi connectivity index (χ4n) is 1.47. The maximum absolute atomic E-state index is 3.76. The molecule has 0 aliphatic heterocycles. The highest BCUT2D eigenvalue weighted by Crippen LogP contribution is 2.16. The summed E-state index contributed by atoms with van der Waals surface area (Å²) in [5, 5.41) is 3.48. The van der Waals surface area contributed by atoms with Crippen LogP contribution in [0.2, 0.25) is 0 Å². The first-order valence-electron chi connectivity index (χ1n) is 5.05. The largest absolute Gasteiger partial charge is 0.308 e. The number of nitrogens with one attached hydrogen (secondary N) is 1. The van der Waals surface area contributed by atoms with E-state index in [4.69, 9.17) is 0 Å². The summed E-state index contributed by atoms with van der Waals surface area (Å²) >= 11 is 1.88. The topological polar surface area (TPSA) is 12.0 Å². The van der Waals surface area contributed by atoms with Gasteiger partial charge in [0.15, 0.2) is 0 Å². The molecule has 1 nitrogen and oxygen atoms in total. The third-order valence-corrected chi connectivity index (χ3v) is 3.23. The Morgan fingerprint density at radius 1 is 1.50 bits per heavy atom. The maximum atomic E-state index is 3.76. The van der Waals surface area contributed by atoms with Gasteiger partial charge in [0.25, 0.3) is 0 Å². The van der Waals surface area contributed by atoms with Crippen molar-refractivity contribution in [2.45, 2.75) is 39.3 Å². The van der Waals surface area contributed by atoms with Gasteiger partial charge in [0.1, 0.15) is 0 Å². The molecule has 0 amide bonds. The Morgan fingerprint density at radius 2 is 2.21 bits per heavy atom. The molecule has 1 N–H and O–H groups in total. The van der Waals surface area contributed by atoms with Crippen molar-refractivity contribution in [3.05, 3.63) is 34.5 Å². The van der Waals surface area contributed by atoms with E-state index in [0.29, 0.717) is 12.1 Å². The zero-order valence-electron chi connectivity index (χ0n) is 9.21. The predicted molar refractivity (Wildman–Crippen MR) is 65.0 cm³/mol. The molecule has 2 heteroatoms. The molecule has 1 aromatic rings. The van der Waals surface area contributed by atoms with E-state index in [9.17, 15) is 0 Å². The number of hydrogen-bond acceptors (Lipinski definition) is 2. The lowest BCUT2D eigenvalue weighted by atomic mass is 10.2. The minimum absolute atomic E-state index is 0.394. The molecular weight excluding hydrogens is 190 g/mol. The minimum atomic E-state index is 0.394. The highest BCUT2D eigenvalue weighted by molar-refractivity contribution is 7.11. The Bertz CT molecular complexity index is 290. The van der Waals surface area contributed by atoms with Crippen LogP contribution in [0.5, 0.6) is 0 Å². The van der Waals surface area contributed by atoms with Gasteiger partial charge in [0, 0.05) is 21.8 Å². The molecular formula is C12H19NS. The second kappa shape index (κ2) is 5.32. The third-order valence-electron chi connectivity index (χ3n) is 2.20. The van der Waals surface area contributed by atoms with E-state index in [2.05, 4.69) is 44.8 Å². The second-order valence-electron chi connectivity index (χ2n) is 3.81. The molecule has 0 spiro atoms. The Hall–Kier alpha value is -0.600. The molecule has 0 aromatic carbocycles. The van der Waals surface area contributed by atoms with Gasteiger partial charge in [0.05, 0.1) is 0 Å². The Kier molecular flexibility index (Phi) is 4.36. The van der Waals surface area contributed by atoms with Gasteiger partial charge in [-0.15, -0.1) is 17.9 Å². The molecule has 2 atom stereocenters. The summed E-state index contributed by atoms with van der Waals surface area (Å²) in [6, 6.07) is 5.31. The predicted octanol–water partition coefficient (Wildman–Crippen LogP) is 3.15. The van der Waals surface area contributed by atoms with Crippen LogP contribution in [0.1, 0.15) is 23.6 Å². The lowest BCUT2D eigenvalue weighted by molar-refractivity contribution is 0.517. The summed E-state index contributed by atoms with van der Waals surface area (Å²) in [7, 11) is 0. The molecule has 14 heavy (non-hydrogen) atoms. The number of thiophene rings is 1. The van der Waals surface area contributed by atoms with E-state index < -0.39 is 0 Å². The molecule has 0 bridgehead atoms. The van der Waals surface area contributed by atoms with Gasteiger partial charge in [-0.3, -0.25) is 0 Å². The summed E-state index contributed by atoms with van der Waals surface area (Å²) in [5.74, 6) is 0. The molecule has 0 saturated heterocycles. The second-order valence-corrected chi connectivity index (χ2v) is 5.18. The molecule has 0 fully saturated rings. The van der Waals surface area contributed by atoms with Gasteiger partial charge in [-0.25, -0.2) is 0 Å². The van der Waals surface area contributed by atoms with Crippen LogP contribution < -0.4 is 5.32 Å². The van der Waals surface area contributed by atoms with Crippen LogP contribution in [0.3, 0.4) is 0 Å². The van der Waals surface area contributed by atoms with Gasteiger partial charge in [-0.2, -0.15) is 0 Å². The van der Waals surface area contributed by atoms with Crippen LogP contribution in [0.4, 0.5) is 0 Å². The quantitative estimate of drug-likeness (QED) is 0.735. The van der Waals surface area contributed by atoms with Crippen LogP contribution in [-0.2, 0) is 6.42 Å². The van der Waals surface area contributed by atoms with E-state index in [1.165, 1.54) is 9.75 Å². The molecule has 2 unspecified atom stereocenters. The van der Waals surface area contributed by atoms with Gasteiger partial charge in [-0.05, 0) is 39.3 Å². The van der Waals surface area contributed by atoms with Crippen molar-refractivity contribution in [2.24, 2.45) is 0 Å². The van der Waals surface area contributed by atoms with Crippen LogP contribution >= 0.6 is 11.3 Å². The summed E-state index contributed by atoms with van der Waals surface area (Å²) in [6.07, 6.45) is 3.05. The Morgan fingerprint density at radius 3 is 2.71 bits per heavy atom. The van der Waals surface area contributed by atoms with E-state index in [1.807, 2.05) is 17.4 Å². The minimum Gasteiger partial charge on any atom is -0.308 e. The molecule has 0 saturated carbocycles. The maximum Gasteiger partial charge on any atom is 0.0221 e. The van der Waals surface area contributed by atoms with Gasteiger partial charge >= 0.3 is 0 Å². The van der Waals surface area contributed by atoms with Crippen molar-refractivity contribution in [3.8, 4) is 0 Å². The van der Waals surface area contributed by atoms with Crippen molar-refractivity contribution in [1.82, 2.24) is 5.32 Å². The highest BCUT2D eigenvalue weighted by atomic mass is 32.1. The molecule has 1 aromatic heterocycles. The molecule has 1 rings (SSSR count). The molecule has 0 radical (unpaired) electrons. The lowest BCUT2D eigenvalue weighted by Gasteiger charge is -2.16. The summed E-state index contributed by atoms with van der Waals surface area (Å²) in [4.78, 5) is 2.85. The summed E-state index contributed by atoms with van der Waals surface area (Å²) in [6.45, 7) is 10.3. The zero-order chi connectivity index (χ0) is 10.6. The Balaban J connectivity index is 2.40.